The van der Waals surface area contributed by atoms with Crippen LogP contribution in [0.5, 0.6) is 0 Å². The van der Waals surface area contributed by atoms with Gasteiger partial charge < -0.3 is 5.11 Å². The van der Waals surface area contributed by atoms with Gasteiger partial charge in [0.05, 0.1) is 6.10 Å². The van der Waals surface area contributed by atoms with Crippen LogP contribution in [-0.4, -0.2) is 28.7 Å². The van der Waals surface area contributed by atoms with E-state index >= 15 is 0 Å². The third kappa shape index (κ3) is 1.30. The number of hydrogen-bond acceptors (Lipinski definition) is 2. The highest BCUT2D eigenvalue weighted by Gasteiger charge is 2.17. The fourth-order valence-electron chi connectivity index (χ4n) is 0.700. The van der Waals surface area contributed by atoms with Gasteiger partial charge in [-0.15, -0.1) is 0 Å². The van der Waals surface area contributed by atoms with Gasteiger partial charge in [0.25, 0.3) is 0 Å². The van der Waals surface area contributed by atoms with E-state index in [4.69, 9.17) is 16.9 Å². The predicted molar refractivity (Wildman–Crippen MR) is 28.0 cm³/mol. The summed E-state index contributed by atoms with van der Waals surface area (Å²) in [5.41, 5.74) is 0. The van der Waals surface area contributed by atoms with Gasteiger partial charge in [0, 0.05) is 13.1 Å². The van der Waals surface area contributed by atoms with Crippen LogP contribution >= 0.6 is 11.8 Å². The van der Waals surface area contributed by atoms with Crippen LogP contribution in [0.15, 0.2) is 0 Å². The van der Waals surface area contributed by atoms with Crippen LogP contribution in [0.4, 0.5) is 0 Å². The maximum absolute atomic E-state index is 8.77. The van der Waals surface area contributed by atoms with E-state index in [1.807, 2.05) is 0 Å². The Morgan fingerprint density at radius 3 is 2.57 bits per heavy atom. The zero-order valence-electron chi connectivity index (χ0n) is 3.97. The SMILES string of the molecule is O[C@@H]1CCN(Cl)C1. The van der Waals surface area contributed by atoms with Crippen molar-refractivity contribution in [1.82, 2.24) is 4.42 Å². The van der Waals surface area contributed by atoms with E-state index in [2.05, 4.69) is 0 Å². The van der Waals surface area contributed by atoms with Crippen LogP contribution in [0.25, 0.3) is 0 Å². The summed E-state index contributed by atoms with van der Waals surface area (Å²) in [5, 5.41) is 8.77. The molecule has 1 atom stereocenters. The zero-order valence-corrected chi connectivity index (χ0v) is 4.73. The standard InChI is InChI=1S/C4H8ClNO/c5-6-2-1-4(7)3-6/h4,7H,1-3H2/t4-/m1/s1. The van der Waals surface area contributed by atoms with Crippen molar-refractivity contribution in [2.24, 2.45) is 0 Å². The van der Waals surface area contributed by atoms with Crippen molar-refractivity contribution in [2.75, 3.05) is 13.1 Å². The number of halogens is 1. The van der Waals surface area contributed by atoms with Crippen molar-refractivity contribution in [2.45, 2.75) is 12.5 Å². The van der Waals surface area contributed by atoms with Crippen molar-refractivity contribution < 1.29 is 5.11 Å². The highest BCUT2D eigenvalue weighted by molar-refractivity contribution is 6.13. The van der Waals surface area contributed by atoms with Gasteiger partial charge in [0.2, 0.25) is 0 Å². The summed E-state index contributed by atoms with van der Waals surface area (Å²) >= 11 is 5.48. The Morgan fingerprint density at radius 2 is 2.43 bits per heavy atom. The molecule has 0 radical (unpaired) electrons. The Bertz CT molecular complexity index is 60.7. The monoisotopic (exact) mass is 121 g/mol. The van der Waals surface area contributed by atoms with E-state index in [1.54, 1.807) is 4.42 Å². The maximum atomic E-state index is 8.77. The maximum Gasteiger partial charge on any atom is 0.0693 e. The first kappa shape index (κ1) is 5.35. The van der Waals surface area contributed by atoms with Gasteiger partial charge in [-0.1, -0.05) is 0 Å². The molecule has 0 bridgehead atoms. The highest BCUT2D eigenvalue weighted by atomic mass is 35.5. The van der Waals surface area contributed by atoms with E-state index in [0.29, 0.717) is 6.54 Å². The minimum Gasteiger partial charge on any atom is -0.392 e. The molecule has 0 aliphatic carbocycles. The predicted octanol–water partition coefficient (Wildman–Crippen LogP) is 0.207. The van der Waals surface area contributed by atoms with Gasteiger partial charge in [-0.2, -0.15) is 0 Å². The van der Waals surface area contributed by atoms with Gasteiger partial charge in [-0.05, 0) is 18.2 Å². The largest absolute Gasteiger partial charge is 0.392 e. The molecule has 1 N–H and O–H groups in total. The molecule has 1 aliphatic rings. The van der Waals surface area contributed by atoms with Crippen LogP contribution in [0.2, 0.25) is 0 Å². The van der Waals surface area contributed by atoms with E-state index < -0.39 is 0 Å². The lowest BCUT2D eigenvalue weighted by Crippen LogP contribution is -2.10. The summed E-state index contributed by atoms with van der Waals surface area (Å²) < 4.78 is 1.60. The first-order chi connectivity index (χ1) is 3.29. The quantitative estimate of drug-likeness (QED) is 0.463. The minimum absolute atomic E-state index is 0.183. The molecule has 1 saturated heterocycles. The van der Waals surface area contributed by atoms with Crippen molar-refractivity contribution in [1.29, 1.82) is 0 Å². The second-order valence-corrected chi connectivity index (χ2v) is 2.29. The minimum atomic E-state index is -0.183. The number of nitrogens with zero attached hydrogens (tertiary/aromatic N) is 1. The molecule has 1 heterocycles. The van der Waals surface area contributed by atoms with Crippen LogP contribution in [0.3, 0.4) is 0 Å². The van der Waals surface area contributed by atoms with E-state index in [0.717, 1.165) is 13.0 Å². The molecule has 7 heavy (non-hydrogen) atoms. The summed E-state index contributed by atoms with van der Waals surface area (Å²) in [5.74, 6) is 0. The molecule has 0 spiro atoms. The summed E-state index contributed by atoms with van der Waals surface area (Å²) in [6, 6.07) is 0. The Balaban J connectivity index is 2.26. The normalized spacial score (nSPS) is 34.3. The van der Waals surface area contributed by atoms with Gasteiger partial charge in [0.15, 0.2) is 0 Å². The van der Waals surface area contributed by atoms with Crippen molar-refractivity contribution in [3.8, 4) is 0 Å². The number of aliphatic hydroxyl groups is 1. The van der Waals surface area contributed by atoms with Crippen LogP contribution in [0, 0.1) is 0 Å². The Morgan fingerprint density at radius 1 is 1.71 bits per heavy atom. The van der Waals surface area contributed by atoms with E-state index in [-0.39, 0.29) is 6.10 Å². The molecular formula is C4H8ClNO. The van der Waals surface area contributed by atoms with E-state index in [1.165, 1.54) is 0 Å². The summed E-state index contributed by atoms with van der Waals surface area (Å²) in [4.78, 5) is 0. The molecule has 0 aromatic carbocycles. The lowest BCUT2D eigenvalue weighted by atomic mass is 10.3. The summed E-state index contributed by atoms with van der Waals surface area (Å²) in [6.07, 6.45) is 0.640. The number of rotatable bonds is 0. The average molecular weight is 122 g/mol. The van der Waals surface area contributed by atoms with Crippen LogP contribution in [-0.2, 0) is 0 Å². The summed E-state index contributed by atoms with van der Waals surface area (Å²) in [6.45, 7) is 1.45. The smallest absolute Gasteiger partial charge is 0.0693 e. The Kier molecular flexibility index (Phi) is 1.52. The average Bonchev–Trinajstić information content (AvgIpc) is 1.87. The molecule has 0 saturated carbocycles. The lowest BCUT2D eigenvalue weighted by Gasteiger charge is -1.98. The molecule has 3 heteroatoms. The summed E-state index contributed by atoms with van der Waals surface area (Å²) in [7, 11) is 0. The van der Waals surface area contributed by atoms with Crippen LogP contribution < -0.4 is 0 Å². The molecule has 0 aromatic heterocycles. The van der Waals surface area contributed by atoms with Crippen molar-refractivity contribution in [3.63, 3.8) is 0 Å². The second kappa shape index (κ2) is 1.99. The molecule has 1 aliphatic heterocycles. The first-order valence-electron chi connectivity index (χ1n) is 2.38. The van der Waals surface area contributed by atoms with Crippen molar-refractivity contribution in [3.05, 3.63) is 0 Å². The third-order valence-electron chi connectivity index (χ3n) is 1.11. The molecule has 0 amide bonds. The van der Waals surface area contributed by atoms with Gasteiger partial charge in [-0.3, -0.25) is 0 Å². The highest BCUT2D eigenvalue weighted by Crippen LogP contribution is 2.09. The lowest BCUT2D eigenvalue weighted by molar-refractivity contribution is 0.190. The second-order valence-electron chi connectivity index (χ2n) is 1.81. The van der Waals surface area contributed by atoms with Gasteiger partial charge in [-0.25, -0.2) is 4.42 Å². The fourth-order valence-corrected chi connectivity index (χ4v) is 0.957. The number of β-amino-alcohol motifs (C(OH)–C–C–N with tert-alkyl or cyclic N) is 1. The Hall–Kier alpha value is 0.210. The number of hydrogen-bond donors (Lipinski definition) is 1. The Labute approximate surface area is 47.8 Å². The van der Waals surface area contributed by atoms with Crippen molar-refractivity contribution >= 4 is 11.8 Å². The molecule has 1 fully saturated rings. The van der Waals surface area contributed by atoms with Gasteiger partial charge >= 0.3 is 0 Å². The third-order valence-corrected chi connectivity index (χ3v) is 1.42. The first-order valence-corrected chi connectivity index (χ1v) is 2.71. The van der Waals surface area contributed by atoms with Gasteiger partial charge in [0.1, 0.15) is 0 Å². The van der Waals surface area contributed by atoms with E-state index in [9.17, 15) is 0 Å². The molecule has 1 rings (SSSR count). The molecule has 0 aromatic rings. The fraction of sp³-hybridized carbons (Fsp3) is 1.00. The molecule has 0 unspecified atom stereocenters. The molecule has 2 nitrogen and oxygen atoms in total. The topological polar surface area (TPSA) is 23.5 Å². The molecular weight excluding hydrogens is 114 g/mol. The van der Waals surface area contributed by atoms with Crippen LogP contribution in [0.1, 0.15) is 6.42 Å². The number of aliphatic hydroxyl groups excluding tert-OH is 1. The molecule has 42 valence electrons. The zero-order chi connectivity index (χ0) is 5.28.